The Hall–Kier alpha value is -0.120. The normalized spacial score (nSPS) is 31.9. The molecule has 0 aromatic carbocycles. The summed E-state index contributed by atoms with van der Waals surface area (Å²) >= 11 is 0. The second kappa shape index (κ2) is 4.60. The van der Waals surface area contributed by atoms with Crippen molar-refractivity contribution in [2.24, 2.45) is 5.92 Å². The first-order valence-electron chi connectivity index (χ1n) is 5.84. The fraction of sp³-hybridized carbons (Fsp3) is 1.00. The summed E-state index contributed by atoms with van der Waals surface area (Å²) in [6.45, 7) is 3.42. The molecule has 2 aliphatic carbocycles. The van der Waals surface area contributed by atoms with Gasteiger partial charge in [-0.05, 0) is 38.6 Å². The minimum absolute atomic E-state index is 0.00186. The van der Waals surface area contributed by atoms with E-state index in [0.29, 0.717) is 0 Å². The molecule has 0 saturated heterocycles. The van der Waals surface area contributed by atoms with Gasteiger partial charge in [-0.2, -0.15) is 0 Å². The van der Waals surface area contributed by atoms with Crippen molar-refractivity contribution in [1.82, 2.24) is 10.2 Å². The van der Waals surface area contributed by atoms with E-state index in [2.05, 4.69) is 17.3 Å². The van der Waals surface area contributed by atoms with Gasteiger partial charge < -0.3 is 15.3 Å². The molecule has 2 N–H and O–H groups in total. The van der Waals surface area contributed by atoms with Crippen molar-refractivity contribution < 1.29 is 5.11 Å². The van der Waals surface area contributed by atoms with Crippen LogP contribution in [0.5, 0.6) is 0 Å². The van der Waals surface area contributed by atoms with Crippen LogP contribution in [0.2, 0.25) is 0 Å². The Morgan fingerprint density at radius 3 is 2.64 bits per heavy atom. The van der Waals surface area contributed by atoms with E-state index in [1.165, 1.54) is 12.8 Å². The summed E-state index contributed by atoms with van der Waals surface area (Å²) in [5.74, 6) is 0.746. The molecule has 0 radical (unpaired) electrons. The molecule has 0 aromatic heterocycles. The minimum atomic E-state index is -0.00186. The predicted molar refractivity (Wildman–Crippen MR) is 57.3 cm³/mol. The van der Waals surface area contributed by atoms with Gasteiger partial charge in [-0.3, -0.25) is 0 Å². The summed E-state index contributed by atoms with van der Waals surface area (Å²) < 4.78 is 0. The standard InChI is InChI=1S/C11H22N2O/c1-13(5-4-12-10-2-3-10)8-9-6-11(14)7-9/h9-12,14H,2-8H2,1H3. The molecule has 3 heteroatoms. The van der Waals surface area contributed by atoms with Crippen LogP contribution in [0.15, 0.2) is 0 Å². The minimum Gasteiger partial charge on any atom is -0.393 e. The van der Waals surface area contributed by atoms with E-state index in [0.717, 1.165) is 44.4 Å². The third kappa shape index (κ3) is 3.23. The molecule has 14 heavy (non-hydrogen) atoms. The Morgan fingerprint density at radius 1 is 1.36 bits per heavy atom. The van der Waals surface area contributed by atoms with Gasteiger partial charge in [0.25, 0.3) is 0 Å². The van der Waals surface area contributed by atoms with Crippen LogP contribution in [0.1, 0.15) is 25.7 Å². The third-order valence-electron chi connectivity index (χ3n) is 3.28. The zero-order valence-electron chi connectivity index (χ0n) is 9.08. The molecule has 0 aliphatic heterocycles. The van der Waals surface area contributed by atoms with Crippen molar-refractivity contribution in [2.75, 3.05) is 26.7 Å². The summed E-state index contributed by atoms with van der Waals surface area (Å²) in [5.41, 5.74) is 0. The molecule has 2 aliphatic rings. The SMILES string of the molecule is CN(CCNC1CC1)CC1CC(O)C1. The second-order valence-electron chi connectivity index (χ2n) is 4.98. The van der Waals surface area contributed by atoms with Gasteiger partial charge in [0.05, 0.1) is 6.10 Å². The van der Waals surface area contributed by atoms with Crippen molar-refractivity contribution in [3.05, 3.63) is 0 Å². The monoisotopic (exact) mass is 198 g/mol. The fourth-order valence-corrected chi connectivity index (χ4v) is 2.13. The number of likely N-dealkylation sites (N-methyl/N-ethyl adjacent to an activating group) is 1. The lowest BCUT2D eigenvalue weighted by Crippen LogP contribution is -2.39. The quantitative estimate of drug-likeness (QED) is 0.650. The van der Waals surface area contributed by atoms with E-state index in [4.69, 9.17) is 5.11 Å². The molecule has 0 bridgehead atoms. The number of hydrogen-bond acceptors (Lipinski definition) is 3. The van der Waals surface area contributed by atoms with E-state index < -0.39 is 0 Å². The number of aliphatic hydroxyl groups excluding tert-OH is 1. The van der Waals surface area contributed by atoms with Crippen LogP contribution in [-0.2, 0) is 0 Å². The van der Waals surface area contributed by atoms with Crippen LogP contribution in [0, 0.1) is 5.92 Å². The highest BCUT2D eigenvalue weighted by atomic mass is 16.3. The Labute approximate surface area is 86.5 Å². The molecule has 0 atom stereocenters. The lowest BCUT2D eigenvalue weighted by atomic mass is 9.82. The van der Waals surface area contributed by atoms with Gasteiger partial charge in [0, 0.05) is 25.7 Å². The van der Waals surface area contributed by atoms with E-state index >= 15 is 0 Å². The first-order chi connectivity index (χ1) is 6.74. The maximum Gasteiger partial charge on any atom is 0.0546 e. The van der Waals surface area contributed by atoms with Crippen LogP contribution >= 0.6 is 0 Å². The summed E-state index contributed by atoms with van der Waals surface area (Å²) in [6.07, 6.45) is 4.77. The summed E-state index contributed by atoms with van der Waals surface area (Å²) in [5, 5.41) is 12.7. The van der Waals surface area contributed by atoms with Crippen LogP contribution < -0.4 is 5.32 Å². The molecule has 2 fully saturated rings. The van der Waals surface area contributed by atoms with E-state index in [-0.39, 0.29) is 6.10 Å². The summed E-state index contributed by atoms with van der Waals surface area (Å²) in [4.78, 5) is 2.38. The van der Waals surface area contributed by atoms with Crippen molar-refractivity contribution in [1.29, 1.82) is 0 Å². The first kappa shape index (κ1) is 10.4. The predicted octanol–water partition coefficient (Wildman–Crippen LogP) is 0.441. The smallest absolute Gasteiger partial charge is 0.0546 e. The van der Waals surface area contributed by atoms with Gasteiger partial charge in [-0.25, -0.2) is 0 Å². The number of hydrogen-bond donors (Lipinski definition) is 2. The van der Waals surface area contributed by atoms with Crippen molar-refractivity contribution in [3.8, 4) is 0 Å². The molecule has 0 unspecified atom stereocenters. The summed E-state index contributed by atoms with van der Waals surface area (Å²) in [7, 11) is 2.18. The molecule has 0 heterocycles. The maximum absolute atomic E-state index is 9.16. The topological polar surface area (TPSA) is 35.5 Å². The number of aliphatic hydroxyl groups is 1. The molecular formula is C11H22N2O. The Kier molecular flexibility index (Phi) is 3.42. The number of rotatable bonds is 6. The van der Waals surface area contributed by atoms with Crippen molar-refractivity contribution >= 4 is 0 Å². The second-order valence-corrected chi connectivity index (χ2v) is 4.98. The van der Waals surface area contributed by atoms with Crippen LogP contribution in [0.3, 0.4) is 0 Å². The molecule has 2 rings (SSSR count). The molecule has 2 saturated carbocycles. The molecule has 82 valence electrons. The summed E-state index contributed by atoms with van der Waals surface area (Å²) in [6, 6.07) is 0.828. The lowest BCUT2D eigenvalue weighted by Gasteiger charge is -2.34. The Balaban J connectivity index is 1.47. The Bertz CT molecular complexity index is 176. The van der Waals surface area contributed by atoms with E-state index in [1.54, 1.807) is 0 Å². The highest BCUT2D eigenvalue weighted by Crippen LogP contribution is 2.27. The molecule has 0 amide bonds. The van der Waals surface area contributed by atoms with E-state index in [1.807, 2.05) is 0 Å². The van der Waals surface area contributed by atoms with Gasteiger partial charge in [0.1, 0.15) is 0 Å². The van der Waals surface area contributed by atoms with Gasteiger partial charge in [0.15, 0.2) is 0 Å². The Morgan fingerprint density at radius 2 is 2.07 bits per heavy atom. The van der Waals surface area contributed by atoms with Gasteiger partial charge >= 0.3 is 0 Å². The molecule has 0 spiro atoms. The third-order valence-corrected chi connectivity index (χ3v) is 3.28. The fourth-order valence-electron chi connectivity index (χ4n) is 2.13. The average molecular weight is 198 g/mol. The maximum atomic E-state index is 9.16. The highest BCUT2D eigenvalue weighted by Gasteiger charge is 2.27. The van der Waals surface area contributed by atoms with Crippen LogP contribution in [0.4, 0.5) is 0 Å². The van der Waals surface area contributed by atoms with Gasteiger partial charge in [-0.15, -0.1) is 0 Å². The zero-order valence-corrected chi connectivity index (χ0v) is 9.08. The van der Waals surface area contributed by atoms with E-state index in [9.17, 15) is 0 Å². The molecule has 0 aromatic rings. The van der Waals surface area contributed by atoms with Crippen LogP contribution in [0.25, 0.3) is 0 Å². The largest absolute Gasteiger partial charge is 0.393 e. The number of nitrogens with one attached hydrogen (secondary N) is 1. The van der Waals surface area contributed by atoms with Gasteiger partial charge in [0.2, 0.25) is 0 Å². The van der Waals surface area contributed by atoms with Crippen LogP contribution in [-0.4, -0.2) is 48.8 Å². The first-order valence-corrected chi connectivity index (χ1v) is 5.84. The molecule has 3 nitrogen and oxygen atoms in total. The highest BCUT2D eigenvalue weighted by molar-refractivity contribution is 4.82. The molecular weight excluding hydrogens is 176 g/mol. The van der Waals surface area contributed by atoms with Crippen molar-refractivity contribution in [3.63, 3.8) is 0 Å². The average Bonchev–Trinajstić information content (AvgIpc) is 2.85. The van der Waals surface area contributed by atoms with Crippen molar-refractivity contribution in [2.45, 2.75) is 37.8 Å². The van der Waals surface area contributed by atoms with Gasteiger partial charge in [-0.1, -0.05) is 0 Å². The number of nitrogens with zero attached hydrogens (tertiary/aromatic N) is 1. The lowest BCUT2D eigenvalue weighted by molar-refractivity contribution is 0.0285. The zero-order chi connectivity index (χ0) is 9.97.